The Morgan fingerprint density at radius 1 is 0.625 bits per heavy atom. The number of carbonyl (C=O) groups excluding carboxylic acids is 1. The maximum absolute atomic E-state index is 14.7. The zero-order valence-corrected chi connectivity index (χ0v) is 25.0. The van der Waals surface area contributed by atoms with Crippen molar-refractivity contribution >= 4 is 5.78 Å². The molecule has 0 saturated carbocycles. The molecule has 0 aliphatic heterocycles. The molecule has 7 heteroatoms. The zero-order valence-electron chi connectivity index (χ0n) is 25.0. The van der Waals surface area contributed by atoms with Crippen molar-refractivity contribution in [3.63, 3.8) is 0 Å². The number of Topliss-reactive ketones (excluding diaryl/α,β-unsaturated/α-hetero) is 1. The van der Waals surface area contributed by atoms with E-state index in [-0.39, 0.29) is 28.7 Å². The van der Waals surface area contributed by atoms with Gasteiger partial charge >= 0.3 is 0 Å². The molecule has 0 bridgehead atoms. The molecule has 0 radical (unpaired) electrons. The number of carbonyl (C=O) groups is 1. The van der Waals surface area contributed by atoms with Crippen LogP contribution in [0.15, 0.2) is 70.3 Å². The van der Waals surface area contributed by atoms with Crippen molar-refractivity contribution in [2.24, 2.45) is 25.9 Å². The summed E-state index contributed by atoms with van der Waals surface area (Å²) in [5, 5.41) is 0. The second-order valence-electron chi connectivity index (χ2n) is 11.7. The number of rotatable bonds is 10. The number of hydrogen-bond donors (Lipinski definition) is 0. The van der Waals surface area contributed by atoms with Crippen LogP contribution in [0.4, 0.5) is 0 Å². The number of para-hydroxylation sites is 2. The van der Waals surface area contributed by atoms with Crippen LogP contribution in [-0.2, 0) is 18.9 Å². The third-order valence-electron chi connectivity index (χ3n) is 8.00. The molecule has 0 saturated heterocycles. The predicted molar refractivity (Wildman–Crippen MR) is 161 cm³/mol. The Kier molecular flexibility index (Phi) is 8.52. The van der Waals surface area contributed by atoms with Crippen molar-refractivity contribution in [1.82, 2.24) is 18.7 Å². The van der Waals surface area contributed by atoms with Gasteiger partial charge in [-0.2, -0.15) is 0 Å². The van der Waals surface area contributed by atoms with Crippen molar-refractivity contribution in [3.05, 3.63) is 104 Å². The van der Waals surface area contributed by atoms with Crippen LogP contribution in [0.25, 0.3) is 11.4 Å². The van der Waals surface area contributed by atoms with Gasteiger partial charge in [0.2, 0.25) is 0 Å². The summed E-state index contributed by atoms with van der Waals surface area (Å²) in [5.41, 5.74) is 3.73. The topological polar surface area (TPSA) is 70.9 Å². The average molecular weight is 543 g/mol. The molecule has 212 valence electrons. The van der Waals surface area contributed by atoms with E-state index in [1.807, 2.05) is 98.0 Å². The summed E-state index contributed by atoms with van der Waals surface area (Å²) < 4.78 is 6.94. The van der Waals surface area contributed by atoms with Crippen LogP contribution in [-0.4, -0.2) is 24.5 Å². The zero-order chi connectivity index (χ0) is 29.3. The average Bonchev–Trinajstić information content (AvgIpc) is 3.27. The monoisotopic (exact) mass is 542 g/mol. The minimum atomic E-state index is -0.628. The first-order valence-electron chi connectivity index (χ1n) is 14.2. The van der Waals surface area contributed by atoms with Gasteiger partial charge in [-0.3, -0.25) is 23.7 Å². The number of benzene rings is 2. The Hall–Kier alpha value is -3.87. The van der Waals surface area contributed by atoms with Gasteiger partial charge in [-0.15, -0.1) is 0 Å². The maximum atomic E-state index is 14.7. The van der Waals surface area contributed by atoms with Gasteiger partial charge in [0.25, 0.3) is 11.1 Å². The van der Waals surface area contributed by atoms with Gasteiger partial charge in [-0.05, 0) is 62.8 Å². The molecule has 4 aromatic rings. The third-order valence-corrected chi connectivity index (χ3v) is 8.00. The van der Waals surface area contributed by atoms with Crippen LogP contribution in [0.5, 0.6) is 0 Å². The van der Waals surface area contributed by atoms with Crippen LogP contribution < -0.4 is 11.1 Å². The second-order valence-corrected chi connectivity index (χ2v) is 11.7. The Labute approximate surface area is 236 Å². The molecule has 0 N–H and O–H groups in total. The van der Waals surface area contributed by atoms with Crippen molar-refractivity contribution in [1.29, 1.82) is 0 Å². The first kappa shape index (κ1) is 29.1. The van der Waals surface area contributed by atoms with E-state index in [0.29, 0.717) is 24.0 Å². The fraction of sp³-hybridized carbons (Fsp3) is 0.424. The molecule has 2 aromatic heterocycles. The van der Waals surface area contributed by atoms with Crippen LogP contribution >= 0.6 is 0 Å². The lowest BCUT2D eigenvalue weighted by molar-refractivity contribution is -0.122. The van der Waals surface area contributed by atoms with Crippen molar-refractivity contribution in [3.8, 4) is 11.4 Å². The summed E-state index contributed by atoms with van der Waals surface area (Å²) in [5.74, 6) is -0.959. The standard InChI is InChI=1S/C33H42N4O3/c1-21(2)19-27(29-23(5)34(7)36(32(29)39)25-15-11-9-12-16-25)31(38)28(20-22(3)4)30-24(6)35(8)37(33(30)40)26-17-13-10-14-18-26/h9-18,21-22,27-28H,19-20H2,1-8H3. The normalized spacial score (nSPS) is 13.2. The van der Waals surface area contributed by atoms with E-state index in [2.05, 4.69) is 27.7 Å². The fourth-order valence-corrected chi connectivity index (χ4v) is 5.92. The molecule has 0 amide bonds. The lowest BCUT2D eigenvalue weighted by Crippen LogP contribution is -2.31. The molecule has 0 aliphatic carbocycles. The van der Waals surface area contributed by atoms with Crippen LogP contribution in [0, 0.1) is 25.7 Å². The minimum Gasteiger partial charge on any atom is -0.298 e. The summed E-state index contributed by atoms with van der Waals surface area (Å²) in [6, 6.07) is 19.0. The Morgan fingerprint density at radius 2 is 0.950 bits per heavy atom. The molecule has 0 fully saturated rings. The summed E-state index contributed by atoms with van der Waals surface area (Å²) >= 11 is 0. The largest absolute Gasteiger partial charge is 0.298 e. The molecular weight excluding hydrogens is 500 g/mol. The molecule has 2 heterocycles. The second kappa shape index (κ2) is 11.7. The Morgan fingerprint density at radius 3 is 1.25 bits per heavy atom. The van der Waals surface area contributed by atoms with E-state index in [0.717, 1.165) is 22.8 Å². The van der Waals surface area contributed by atoms with Crippen molar-refractivity contribution in [2.75, 3.05) is 0 Å². The summed E-state index contributed by atoms with van der Waals surface area (Å²) in [6.07, 6.45) is 1.06. The van der Waals surface area contributed by atoms with Gasteiger partial charge in [-0.25, -0.2) is 9.36 Å². The smallest absolute Gasteiger partial charge is 0.275 e. The third kappa shape index (κ3) is 5.29. The highest BCUT2D eigenvalue weighted by atomic mass is 16.1. The summed E-state index contributed by atoms with van der Waals surface area (Å²) in [7, 11) is 3.71. The SMILES string of the molecule is Cc1c(C(CC(C)C)C(=O)C(CC(C)C)c2c(C)n(C)n(-c3ccccc3)c2=O)c(=O)n(-c2ccccc2)n1C. The minimum absolute atomic E-state index is 0.0561. The quantitative estimate of drug-likeness (QED) is 0.254. The number of nitrogens with zero attached hydrogens (tertiary/aromatic N) is 4. The van der Waals surface area contributed by atoms with Gasteiger partial charge < -0.3 is 0 Å². The molecule has 40 heavy (non-hydrogen) atoms. The Balaban J connectivity index is 1.91. The summed E-state index contributed by atoms with van der Waals surface area (Å²) in [4.78, 5) is 42.8. The van der Waals surface area contributed by atoms with Crippen LogP contribution in [0.1, 0.15) is 74.9 Å². The van der Waals surface area contributed by atoms with Gasteiger partial charge in [0.05, 0.1) is 34.3 Å². The molecule has 2 unspecified atom stereocenters. The van der Waals surface area contributed by atoms with Crippen molar-refractivity contribution in [2.45, 2.75) is 66.2 Å². The lowest BCUT2D eigenvalue weighted by Gasteiger charge is -2.24. The summed E-state index contributed by atoms with van der Waals surface area (Å²) in [6.45, 7) is 12.1. The molecular formula is C33H42N4O3. The van der Waals surface area contributed by atoms with E-state index in [1.54, 1.807) is 9.36 Å². The van der Waals surface area contributed by atoms with E-state index in [9.17, 15) is 14.4 Å². The first-order chi connectivity index (χ1) is 19.0. The molecule has 0 spiro atoms. The van der Waals surface area contributed by atoms with Crippen LogP contribution in [0.2, 0.25) is 0 Å². The van der Waals surface area contributed by atoms with Crippen LogP contribution in [0.3, 0.4) is 0 Å². The number of hydrogen-bond acceptors (Lipinski definition) is 3. The molecule has 2 aromatic carbocycles. The fourth-order valence-electron chi connectivity index (χ4n) is 5.92. The predicted octanol–water partition coefficient (Wildman–Crippen LogP) is 5.81. The van der Waals surface area contributed by atoms with Crippen molar-refractivity contribution < 1.29 is 4.79 Å². The lowest BCUT2D eigenvalue weighted by atomic mass is 9.77. The highest BCUT2D eigenvalue weighted by Gasteiger charge is 2.38. The first-order valence-corrected chi connectivity index (χ1v) is 14.2. The van der Waals surface area contributed by atoms with E-state index < -0.39 is 11.8 Å². The molecule has 0 aliphatic rings. The van der Waals surface area contributed by atoms with E-state index >= 15 is 0 Å². The molecule has 2 atom stereocenters. The van der Waals surface area contributed by atoms with Gasteiger partial charge in [0, 0.05) is 25.5 Å². The number of aromatic nitrogens is 4. The van der Waals surface area contributed by atoms with Gasteiger partial charge in [0.1, 0.15) is 5.78 Å². The van der Waals surface area contributed by atoms with Gasteiger partial charge in [-0.1, -0.05) is 64.1 Å². The Bertz CT molecular complexity index is 1480. The van der Waals surface area contributed by atoms with E-state index in [1.165, 1.54) is 0 Å². The van der Waals surface area contributed by atoms with E-state index in [4.69, 9.17) is 0 Å². The molecule has 7 nitrogen and oxygen atoms in total. The highest BCUT2D eigenvalue weighted by Crippen LogP contribution is 2.35. The van der Waals surface area contributed by atoms with Gasteiger partial charge in [0.15, 0.2) is 0 Å². The highest BCUT2D eigenvalue weighted by molar-refractivity contribution is 5.92. The molecule has 4 rings (SSSR count). The number of ketones is 1. The maximum Gasteiger partial charge on any atom is 0.275 e.